The van der Waals surface area contributed by atoms with Crippen molar-refractivity contribution in [1.82, 2.24) is 0 Å². The summed E-state index contributed by atoms with van der Waals surface area (Å²) in [6.07, 6.45) is 2.27. The van der Waals surface area contributed by atoms with Crippen molar-refractivity contribution in [2.45, 2.75) is 18.9 Å². The normalized spacial score (nSPS) is 17.0. The van der Waals surface area contributed by atoms with E-state index < -0.39 is 0 Å². The summed E-state index contributed by atoms with van der Waals surface area (Å²) in [5.41, 5.74) is 1.06. The lowest BCUT2D eigenvalue weighted by Crippen LogP contribution is -2.16. The van der Waals surface area contributed by atoms with Crippen molar-refractivity contribution in [3.05, 3.63) is 59.9 Å². The van der Waals surface area contributed by atoms with Gasteiger partial charge < -0.3 is 14.8 Å². The van der Waals surface area contributed by atoms with Crippen LogP contribution in [0.15, 0.2) is 48.5 Å². The third-order valence-electron chi connectivity index (χ3n) is 3.68. The topological polar surface area (TPSA) is 47.6 Å². The fourth-order valence-corrected chi connectivity index (χ4v) is 2.40. The van der Waals surface area contributed by atoms with Crippen LogP contribution in [0, 0.1) is 5.82 Å². The number of halogens is 1. The summed E-state index contributed by atoms with van der Waals surface area (Å²) >= 11 is 0. The van der Waals surface area contributed by atoms with Gasteiger partial charge in [0.1, 0.15) is 18.2 Å². The van der Waals surface area contributed by atoms with Crippen molar-refractivity contribution in [2.75, 3.05) is 18.5 Å². The maximum atomic E-state index is 12.8. The molecule has 2 aromatic rings. The molecule has 1 heterocycles. The molecule has 1 N–H and O–H groups in total. The van der Waals surface area contributed by atoms with Crippen LogP contribution in [-0.4, -0.2) is 25.2 Å². The SMILES string of the molecule is O=C(Nc1ccc(F)cc1)c1ccc(OCC2CCCO2)cc1. The molecular formula is C18H18FNO3. The Balaban J connectivity index is 1.55. The average Bonchev–Trinajstić information content (AvgIpc) is 3.09. The smallest absolute Gasteiger partial charge is 0.255 e. The maximum absolute atomic E-state index is 12.8. The standard InChI is InChI=1S/C18H18FNO3/c19-14-5-7-15(8-6-14)20-18(21)13-3-9-16(10-4-13)23-12-17-2-1-11-22-17/h3-10,17H,1-2,11-12H2,(H,20,21). The van der Waals surface area contributed by atoms with E-state index in [4.69, 9.17) is 9.47 Å². The van der Waals surface area contributed by atoms with Crippen LogP contribution in [0.1, 0.15) is 23.2 Å². The number of benzene rings is 2. The highest BCUT2D eigenvalue weighted by Gasteiger charge is 2.16. The van der Waals surface area contributed by atoms with Crippen LogP contribution in [0.5, 0.6) is 5.75 Å². The first-order valence-electron chi connectivity index (χ1n) is 7.62. The largest absolute Gasteiger partial charge is 0.491 e. The molecule has 5 heteroatoms. The van der Waals surface area contributed by atoms with Gasteiger partial charge in [-0.2, -0.15) is 0 Å². The summed E-state index contributed by atoms with van der Waals surface area (Å²) in [5.74, 6) is 0.122. The van der Waals surface area contributed by atoms with Crippen molar-refractivity contribution >= 4 is 11.6 Å². The van der Waals surface area contributed by atoms with Gasteiger partial charge in [0.05, 0.1) is 6.10 Å². The minimum Gasteiger partial charge on any atom is -0.491 e. The lowest BCUT2D eigenvalue weighted by atomic mass is 10.2. The van der Waals surface area contributed by atoms with Gasteiger partial charge in [-0.05, 0) is 61.4 Å². The van der Waals surface area contributed by atoms with Crippen LogP contribution in [0.4, 0.5) is 10.1 Å². The molecule has 0 aromatic heterocycles. The Hall–Kier alpha value is -2.40. The van der Waals surface area contributed by atoms with Gasteiger partial charge in [0.15, 0.2) is 0 Å². The van der Waals surface area contributed by atoms with Crippen molar-refractivity contribution in [3.8, 4) is 5.75 Å². The molecule has 1 unspecified atom stereocenters. The van der Waals surface area contributed by atoms with Gasteiger partial charge in [-0.15, -0.1) is 0 Å². The van der Waals surface area contributed by atoms with E-state index in [-0.39, 0.29) is 17.8 Å². The van der Waals surface area contributed by atoms with Crippen molar-refractivity contribution < 1.29 is 18.7 Å². The number of ether oxygens (including phenoxy) is 2. The summed E-state index contributed by atoms with van der Waals surface area (Å²) < 4.78 is 24.0. The van der Waals surface area contributed by atoms with E-state index in [1.54, 1.807) is 24.3 Å². The Kier molecular flexibility index (Phi) is 4.88. The number of hydrogen-bond acceptors (Lipinski definition) is 3. The molecule has 23 heavy (non-hydrogen) atoms. The Morgan fingerprint density at radius 2 is 1.91 bits per heavy atom. The number of anilines is 1. The van der Waals surface area contributed by atoms with Crippen LogP contribution in [0.3, 0.4) is 0 Å². The molecule has 1 aliphatic heterocycles. The quantitative estimate of drug-likeness (QED) is 0.916. The zero-order valence-corrected chi connectivity index (χ0v) is 12.6. The van der Waals surface area contributed by atoms with E-state index in [9.17, 15) is 9.18 Å². The van der Waals surface area contributed by atoms with Crippen LogP contribution >= 0.6 is 0 Å². The minimum absolute atomic E-state index is 0.163. The molecule has 1 atom stereocenters. The van der Waals surface area contributed by atoms with Gasteiger partial charge in [0.25, 0.3) is 5.91 Å². The molecule has 1 amide bonds. The summed E-state index contributed by atoms with van der Waals surface area (Å²) in [6, 6.07) is 12.6. The number of hydrogen-bond donors (Lipinski definition) is 1. The predicted molar refractivity (Wildman–Crippen MR) is 85.3 cm³/mol. The van der Waals surface area contributed by atoms with Crippen LogP contribution < -0.4 is 10.1 Å². The summed E-state index contributed by atoms with van der Waals surface area (Å²) in [5, 5.41) is 2.72. The van der Waals surface area contributed by atoms with Crippen LogP contribution in [-0.2, 0) is 4.74 Å². The Labute approximate surface area is 134 Å². The summed E-state index contributed by atoms with van der Waals surface area (Å²) in [7, 11) is 0. The number of nitrogens with one attached hydrogen (secondary N) is 1. The number of carbonyl (C=O) groups excluding carboxylic acids is 1. The van der Waals surface area contributed by atoms with Gasteiger partial charge in [-0.3, -0.25) is 4.79 Å². The molecule has 120 valence electrons. The lowest BCUT2D eigenvalue weighted by Gasteiger charge is -2.11. The molecule has 1 saturated heterocycles. The molecule has 2 aromatic carbocycles. The van der Waals surface area contributed by atoms with E-state index in [1.165, 1.54) is 24.3 Å². The Bertz CT molecular complexity index is 649. The fraction of sp³-hybridized carbons (Fsp3) is 0.278. The maximum Gasteiger partial charge on any atom is 0.255 e. The van der Waals surface area contributed by atoms with Crippen molar-refractivity contribution in [1.29, 1.82) is 0 Å². The monoisotopic (exact) mass is 315 g/mol. The zero-order valence-electron chi connectivity index (χ0n) is 12.6. The average molecular weight is 315 g/mol. The second-order valence-electron chi connectivity index (χ2n) is 5.43. The number of amides is 1. The van der Waals surface area contributed by atoms with Crippen molar-refractivity contribution in [3.63, 3.8) is 0 Å². The first-order valence-corrected chi connectivity index (χ1v) is 7.62. The van der Waals surface area contributed by atoms with Gasteiger partial charge in [-0.1, -0.05) is 0 Å². The van der Waals surface area contributed by atoms with Gasteiger partial charge in [0, 0.05) is 17.9 Å². The molecule has 0 spiro atoms. The number of carbonyl (C=O) groups is 1. The second kappa shape index (κ2) is 7.24. The Morgan fingerprint density at radius 3 is 2.57 bits per heavy atom. The zero-order chi connectivity index (χ0) is 16.1. The molecule has 1 fully saturated rings. The third-order valence-corrected chi connectivity index (χ3v) is 3.68. The van der Waals surface area contributed by atoms with E-state index >= 15 is 0 Å². The first kappa shape index (κ1) is 15.5. The lowest BCUT2D eigenvalue weighted by molar-refractivity contribution is 0.0679. The summed E-state index contributed by atoms with van der Waals surface area (Å²) in [6.45, 7) is 1.33. The molecule has 1 aliphatic rings. The highest BCUT2D eigenvalue weighted by atomic mass is 19.1. The molecule has 0 saturated carbocycles. The molecule has 4 nitrogen and oxygen atoms in total. The molecule has 0 bridgehead atoms. The molecular weight excluding hydrogens is 297 g/mol. The second-order valence-corrected chi connectivity index (χ2v) is 5.43. The van der Waals surface area contributed by atoms with Gasteiger partial charge >= 0.3 is 0 Å². The Morgan fingerprint density at radius 1 is 1.17 bits per heavy atom. The molecule has 0 radical (unpaired) electrons. The van der Waals surface area contributed by atoms with Gasteiger partial charge in [0.2, 0.25) is 0 Å². The highest BCUT2D eigenvalue weighted by Crippen LogP contribution is 2.17. The summed E-state index contributed by atoms with van der Waals surface area (Å²) in [4.78, 5) is 12.1. The minimum atomic E-state index is -0.337. The first-order chi connectivity index (χ1) is 11.2. The highest BCUT2D eigenvalue weighted by molar-refractivity contribution is 6.04. The van der Waals surface area contributed by atoms with Crippen LogP contribution in [0.25, 0.3) is 0 Å². The molecule has 0 aliphatic carbocycles. The fourth-order valence-electron chi connectivity index (χ4n) is 2.40. The molecule has 3 rings (SSSR count). The number of rotatable bonds is 5. The third kappa shape index (κ3) is 4.29. The van der Waals surface area contributed by atoms with Crippen molar-refractivity contribution in [2.24, 2.45) is 0 Å². The van der Waals surface area contributed by atoms with E-state index in [0.29, 0.717) is 23.6 Å². The van der Waals surface area contributed by atoms with Gasteiger partial charge in [-0.25, -0.2) is 4.39 Å². The van der Waals surface area contributed by atoms with E-state index in [1.807, 2.05) is 0 Å². The van der Waals surface area contributed by atoms with E-state index in [0.717, 1.165) is 19.4 Å². The van der Waals surface area contributed by atoms with E-state index in [2.05, 4.69) is 5.32 Å². The predicted octanol–water partition coefficient (Wildman–Crippen LogP) is 3.64. The van der Waals surface area contributed by atoms with Crippen LogP contribution in [0.2, 0.25) is 0 Å².